The normalized spacial score (nSPS) is 12.0. The van der Waals surface area contributed by atoms with Gasteiger partial charge in [0.05, 0.1) is 4.91 Å². The van der Waals surface area contributed by atoms with E-state index in [0.29, 0.717) is 10.5 Å². The molecular weight excluding hydrogens is 324 g/mol. The van der Waals surface area contributed by atoms with Crippen molar-refractivity contribution in [3.05, 3.63) is 83.0 Å². The highest BCUT2D eigenvalue weighted by Gasteiger charge is 2.12. The number of rotatable bonds is 6. The monoisotopic (exact) mass is 340 g/mol. The number of thioether (sulfide) groups is 1. The molecule has 2 rings (SSSR count). The molecule has 0 aliphatic rings. The van der Waals surface area contributed by atoms with Crippen LogP contribution >= 0.6 is 11.8 Å². The molecule has 0 amide bonds. The van der Waals surface area contributed by atoms with Crippen molar-refractivity contribution < 1.29 is 19.8 Å². The predicted molar refractivity (Wildman–Crippen MR) is 96.2 cm³/mol. The molecule has 0 aliphatic carbocycles. The smallest absolute Gasteiger partial charge is 0.370 e. The van der Waals surface area contributed by atoms with E-state index in [1.807, 2.05) is 42.5 Å². The van der Waals surface area contributed by atoms with Gasteiger partial charge >= 0.3 is 5.97 Å². The number of hydrogen-bond acceptors (Lipinski definition) is 4. The van der Waals surface area contributed by atoms with E-state index >= 15 is 0 Å². The molecule has 0 aliphatic heterocycles. The number of aliphatic hydroxyl groups is 1. The number of ketones is 1. The minimum absolute atomic E-state index is 0.225. The van der Waals surface area contributed by atoms with Crippen molar-refractivity contribution in [3.8, 4) is 11.1 Å². The zero-order valence-electron chi connectivity index (χ0n) is 13.0. The lowest BCUT2D eigenvalue weighted by molar-refractivity contribution is -0.135. The third kappa shape index (κ3) is 4.36. The second-order valence-electron chi connectivity index (χ2n) is 4.86. The Bertz CT molecular complexity index is 790. The topological polar surface area (TPSA) is 74.6 Å². The first kappa shape index (κ1) is 17.6. The first-order valence-corrected chi connectivity index (χ1v) is 8.34. The van der Waals surface area contributed by atoms with Gasteiger partial charge in [0.15, 0.2) is 5.78 Å². The van der Waals surface area contributed by atoms with Gasteiger partial charge in [-0.3, -0.25) is 4.79 Å². The van der Waals surface area contributed by atoms with Gasteiger partial charge in [0, 0.05) is 5.56 Å². The highest BCUT2D eigenvalue weighted by Crippen LogP contribution is 2.23. The maximum atomic E-state index is 12.5. The SMILES string of the molecule is CS/C(=C\C=C(/O)C(=O)O)C(=O)c1ccc(-c2ccccc2)cc1. The molecule has 4 nitrogen and oxygen atoms in total. The summed E-state index contributed by atoms with van der Waals surface area (Å²) in [6, 6.07) is 17.0. The summed E-state index contributed by atoms with van der Waals surface area (Å²) in [7, 11) is 0. The van der Waals surface area contributed by atoms with Crippen LogP contribution in [0.2, 0.25) is 0 Å². The van der Waals surface area contributed by atoms with E-state index in [4.69, 9.17) is 5.11 Å². The van der Waals surface area contributed by atoms with Crippen LogP contribution in [0.5, 0.6) is 0 Å². The van der Waals surface area contributed by atoms with Gasteiger partial charge in [0.1, 0.15) is 0 Å². The van der Waals surface area contributed by atoms with Crippen LogP contribution in [0.25, 0.3) is 11.1 Å². The van der Waals surface area contributed by atoms with E-state index in [0.717, 1.165) is 17.2 Å². The molecule has 0 fully saturated rings. The molecular formula is C19H16O4S. The minimum atomic E-state index is -1.44. The average molecular weight is 340 g/mol. The Morgan fingerprint density at radius 2 is 1.46 bits per heavy atom. The van der Waals surface area contributed by atoms with Crippen LogP contribution in [0.1, 0.15) is 10.4 Å². The summed E-state index contributed by atoms with van der Waals surface area (Å²) in [4.78, 5) is 23.4. The highest BCUT2D eigenvalue weighted by molar-refractivity contribution is 8.03. The molecule has 2 aromatic rings. The molecule has 0 unspecified atom stereocenters. The Morgan fingerprint density at radius 3 is 2.00 bits per heavy atom. The van der Waals surface area contributed by atoms with E-state index in [1.165, 1.54) is 17.8 Å². The van der Waals surface area contributed by atoms with E-state index in [9.17, 15) is 14.7 Å². The van der Waals surface area contributed by atoms with Crippen LogP contribution in [0.4, 0.5) is 0 Å². The van der Waals surface area contributed by atoms with Crippen molar-refractivity contribution in [2.75, 3.05) is 6.26 Å². The summed E-state index contributed by atoms with van der Waals surface area (Å²) in [6.07, 6.45) is 4.03. The number of hydrogen-bond donors (Lipinski definition) is 2. The van der Waals surface area contributed by atoms with Crippen LogP contribution in [0.3, 0.4) is 0 Å². The van der Waals surface area contributed by atoms with Gasteiger partial charge in [0.2, 0.25) is 5.76 Å². The summed E-state index contributed by atoms with van der Waals surface area (Å²) in [5.41, 5.74) is 2.56. The van der Waals surface area contributed by atoms with Gasteiger partial charge in [-0.05, 0) is 29.5 Å². The van der Waals surface area contributed by atoms with Crippen molar-refractivity contribution >= 4 is 23.5 Å². The molecule has 0 saturated carbocycles. The van der Waals surface area contributed by atoms with E-state index in [2.05, 4.69) is 0 Å². The van der Waals surface area contributed by atoms with Gasteiger partial charge in [-0.25, -0.2) is 4.79 Å². The number of carbonyl (C=O) groups excluding carboxylic acids is 1. The van der Waals surface area contributed by atoms with E-state index < -0.39 is 11.7 Å². The van der Waals surface area contributed by atoms with Gasteiger partial charge < -0.3 is 10.2 Å². The Hall–Kier alpha value is -2.79. The molecule has 0 spiro atoms. The van der Waals surface area contributed by atoms with Crippen molar-refractivity contribution in [1.29, 1.82) is 0 Å². The molecule has 5 heteroatoms. The summed E-state index contributed by atoms with van der Waals surface area (Å²) in [5, 5.41) is 17.8. The van der Waals surface area contributed by atoms with Crippen LogP contribution < -0.4 is 0 Å². The third-order valence-corrected chi connectivity index (χ3v) is 4.07. The number of allylic oxidation sites excluding steroid dienone is 3. The summed E-state index contributed by atoms with van der Waals surface area (Å²) in [6.45, 7) is 0. The molecule has 0 aromatic heterocycles. The highest BCUT2D eigenvalue weighted by atomic mass is 32.2. The molecule has 122 valence electrons. The molecule has 0 atom stereocenters. The molecule has 0 heterocycles. The summed E-state index contributed by atoms with van der Waals surface area (Å²) in [5.74, 6) is -2.48. The van der Waals surface area contributed by atoms with Crippen LogP contribution in [0, 0.1) is 0 Å². The maximum absolute atomic E-state index is 12.5. The summed E-state index contributed by atoms with van der Waals surface area (Å²) >= 11 is 1.19. The minimum Gasteiger partial charge on any atom is -0.502 e. The van der Waals surface area contributed by atoms with Crippen molar-refractivity contribution in [1.82, 2.24) is 0 Å². The fraction of sp³-hybridized carbons (Fsp3) is 0.0526. The number of benzene rings is 2. The molecule has 2 aromatic carbocycles. The molecule has 0 saturated heterocycles. The van der Waals surface area contributed by atoms with Gasteiger partial charge in [0.25, 0.3) is 0 Å². The molecule has 24 heavy (non-hydrogen) atoms. The fourth-order valence-electron chi connectivity index (χ4n) is 2.05. The number of carboxylic acids is 1. The lowest BCUT2D eigenvalue weighted by atomic mass is 10.0. The predicted octanol–water partition coefficient (Wildman–Crippen LogP) is 4.31. The zero-order chi connectivity index (χ0) is 17.5. The number of Topliss-reactive ketones (excluding diaryl/α,β-unsaturated/α-hetero) is 1. The Morgan fingerprint density at radius 1 is 0.875 bits per heavy atom. The van der Waals surface area contributed by atoms with Gasteiger partial charge in [-0.2, -0.15) is 0 Å². The molecule has 2 N–H and O–H groups in total. The second kappa shape index (κ2) is 8.17. The molecule has 0 radical (unpaired) electrons. The van der Waals surface area contributed by atoms with Crippen LogP contribution in [-0.2, 0) is 4.79 Å². The standard InChI is InChI=1S/C19H16O4S/c1-24-17(12-11-16(20)19(22)23)18(21)15-9-7-14(8-10-15)13-5-3-2-4-6-13/h2-12,20H,1H3,(H,22,23)/b16-11-,17-12-. The lowest BCUT2D eigenvalue weighted by Crippen LogP contribution is -2.01. The van der Waals surface area contributed by atoms with Gasteiger partial charge in [-0.15, -0.1) is 11.8 Å². The fourth-order valence-corrected chi connectivity index (χ4v) is 2.56. The van der Waals surface area contributed by atoms with Gasteiger partial charge in [-0.1, -0.05) is 54.6 Å². The summed E-state index contributed by atoms with van der Waals surface area (Å²) < 4.78 is 0. The zero-order valence-corrected chi connectivity index (χ0v) is 13.8. The van der Waals surface area contributed by atoms with Crippen LogP contribution in [0.15, 0.2) is 77.4 Å². The number of aliphatic carboxylic acids is 1. The second-order valence-corrected chi connectivity index (χ2v) is 5.71. The first-order chi connectivity index (χ1) is 11.5. The lowest BCUT2D eigenvalue weighted by Gasteiger charge is -2.05. The number of aliphatic hydroxyl groups excluding tert-OH is 1. The first-order valence-electron chi connectivity index (χ1n) is 7.11. The van der Waals surface area contributed by atoms with Crippen molar-refractivity contribution in [3.63, 3.8) is 0 Å². The molecule has 0 bridgehead atoms. The Labute approximate surface area is 144 Å². The number of carbonyl (C=O) groups is 2. The Balaban J connectivity index is 2.24. The Kier molecular flexibility index (Phi) is 5.98. The van der Waals surface area contributed by atoms with Crippen molar-refractivity contribution in [2.45, 2.75) is 0 Å². The van der Waals surface area contributed by atoms with Crippen LogP contribution in [-0.4, -0.2) is 28.2 Å². The maximum Gasteiger partial charge on any atom is 0.370 e. The largest absolute Gasteiger partial charge is 0.502 e. The van der Waals surface area contributed by atoms with E-state index in [1.54, 1.807) is 18.4 Å². The average Bonchev–Trinajstić information content (AvgIpc) is 2.62. The van der Waals surface area contributed by atoms with E-state index in [-0.39, 0.29) is 5.78 Å². The quantitative estimate of drug-likeness (QED) is 0.355. The van der Waals surface area contributed by atoms with Crippen molar-refractivity contribution in [2.24, 2.45) is 0 Å². The number of carboxylic acid groups (broad SMARTS) is 1. The third-order valence-electron chi connectivity index (χ3n) is 3.31.